The number of nitrogens with zero attached hydrogens (tertiary/aromatic N) is 2. The Kier molecular flexibility index (Phi) is 4.50. The van der Waals surface area contributed by atoms with Crippen LogP contribution in [0.1, 0.15) is 24.9 Å². The van der Waals surface area contributed by atoms with E-state index in [1.807, 2.05) is 10.8 Å². The third kappa shape index (κ3) is 3.18. The normalized spacial score (nSPS) is 12.6. The van der Waals surface area contributed by atoms with Crippen molar-refractivity contribution < 1.29 is 0 Å². The van der Waals surface area contributed by atoms with Gasteiger partial charge in [-0.05, 0) is 44.1 Å². The lowest BCUT2D eigenvalue weighted by molar-refractivity contribution is 0.562. The van der Waals surface area contributed by atoms with Crippen LogP contribution in [0, 0.1) is 0 Å². The van der Waals surface area contributed by atoms with Crippen molar-refractivity contribution in [1.82, 2.24) is 14.9 Å². The Morgan fingerprint density at radius 3 is 2.72 bits per heavy atom. The molecule has 96 valence electrons. The van der Waals surface area contributed by atoms with Gasteiger partial charge in [0.25, 0.3) is 0 Å². The van der Waals surface area contributed by atoms with Gasteiger partial charge in [-0.3, -0.25) is 0 Å². The average Bonchev–Trinajstić information content (AvgIpc) is 2.93. The highest BCUT2D eigenvalue weighted by atomic mass is 15.0. The number of aromatic nitrogens is 2. The highest BCUT2D eigenvalue weighted by Gasteiger charge is 2.04. The lowest BCUT2D eigenvalue weighted by atomic mass is 10.1. The lowest BCUT2D eigenvalue weighted by Crippen LogP contribution is -2.21. The van der Waals surface area contributed by atoms with E-state index in [0.717, 1.165) is 25.2 Å². The minimum Gasteiger partial charge on any atom is -0.330 e. The van der Waals surface area contributed by atoms with Gasteiger partial charge in [0, 0.05) is 24.1 Å². The summed E-state index contributed by atoms with van der Waals surface area (Å²) in [5, 5.41) is 3.45. The van der Waals surface area contributed by atoms with Crippen molar-refractivity contribution in [2.24, 2.45) is 5.73 Å². The molecular formula is C14H20N4. The van der Waals surface area contributed by atoms with Crippen LogP contribution in [0.15, 0.2) is 43.0 Å². The second kappa shape index (κ2) is 6.33. The third-order valence-electron chi connectivity index (χ3n) is 3.03. The van der Waals surface area contributed by atoms with Crippen LogP contribution in [-0.4, -0.2) is 22.6 Å². The molecule has 2 rings (SSSR count). The summed E-state index contributed by atoms with van der Waals surface area (Å²) >= 11 is 0. The molecule has 4 heteroatoms. The summed E-state index contributed by atoms with van der Waals surface area (Å²) in [7, 11) is 0. The monoisotopic (exact) mass is 244 g/mol. The second-order valence-electron chi connectivity index (χ2n) is 4.38. The summed E-state index contributed by atoms with van der Waals surface area (Å²) in [6.45, 7) is 3.86. The first-order chi connectivity index (χ1) is 8.81. The Morgan fingerprint density at radius 1 is 1.33 bits per heavy atom. The number of hydrogen-bond donors (Lipinski definition) is 2. The van der Waals surface area contributed by atoms with Gasteiger partial charge in [-0.25, -0.2) is 4.98 Å². The molecule has 0 amide bonds. The van der Waals surface area contributed by atoms with E-state index in [4.69, 9.17) is 5.73 Å². The third-order valence-corrected chi connectivity index (χ3v) is 3.03. The predicted molar refractivity (Wildman–Crippen MR) is 73.7 cm³/mol. The minimum atomic E-state index is 0.355. The van der Waals surface area contributed by atoms with E-state index in [2.05, 4.69) is 41.5 Å². The van der Waals surface area contributed by atoms with Crippen molar-refractivity contribution in [2.45, 2.75) is 19.4 Å². The number of rotatable bonds is 6. The predicted octanol–water partition coefficient (Wildman–Crippen LogP) is 1.87. The first-order valence-electron chi connectivity index (χ1n) is 6.33. The van der Waals surface area contributed by atoms with Crippen molar-refractivity contribution in [3.05, 3.63) is 48.5 Å². The maximum Gasteiger partial charge on any atom is 0.0991 e. The number of nitrogens with one attached hydrogen (secondary N) is 1. The van der Waals surface area contributed by atoms with Crippen molar-refractivity contribution >= 4 is 0 Å². The van der Waals surface area contributed by atoms with Crippen LogP contribution in [-0.2, 0) is 0 Å². The summed E-state index contributed by atoms with van der Waals surface area (Å²) < 4.78 is 2.00. The smallest absolute Gasteiger partial charge is 0.0991 e. The zero-order valence-corrected chi connectivity index (χ0v) is 10.7. The van der Waals surface area contributed by atoms with E-state index >= 15 is 0 Å². The fourth-order valence-corrected chi connectivity index (χ4v) is 1.89. The summed E-state index contributed by atoms with van der Waals surface area (Å²) in [5.41, 5.74) is 7.90. The van der Waals surface area contributed by atoms with Gasteiger partial charge in [0.2, 0.25) is 0 Å². The second-order valence-corrected chi connectivity index (χ2v) is 4.38. The van der Waals surface area contributed by atoms with Crippen molar-refractivity contribution in [2.75, 3.05) is 13.1 Å². The molecule has 0 aliphatic heterocycles. The summed E-state index contributed by atoms with van der Waals surface area (Å²) in [6, 6.07) is 8.87. The summed E-state index contributed by atoms with van der Waals surface area (Å²) in [6.07, 6.45) is 6.54. The van der Waals surface area contributed by atoms with Gasteiger partial charge in [0.1, 0.15) is 0 Å². The molecule has 1 unspecified atom stereocenters. The molecule has 0 spiro atoms. The summed E-state index contributed by atoms with van der Waals surface area (Å²) in [4.78, 5) is 4.04. The molecule has 0 fully saturated rings. The molecule has 1 aromatic carbocycles. The highest BCUT2D eigenvalue weighted by molar-refractivity contribution is 5.35. The van der Waals surface area contributed by atoms with E-state index in [1.54, 1.807) is 12.5 Å². The Balaban J connectivity index is 1.99. The molecule has 0 aliphatic rings. The standard InChI is InChI=1S/C14H20N4/c1-12(17-8-2-7-15)13-3-5-14(6-4-13)18-10-9-16-11-18/h3-6,9-12,17H,2,7-8,15H2,1H3. The van der Waals surface area contributed by atoms with Crippen molar-refractivity contribution in [3.63, 3.8) is 0 Å². The topological polar surface area (TPSA) is 55.9 Å². The van der Waals surface area contributed by atoms with Gasteiger partial charge in [-0.1, -0.05) is 12.1 Å². The Labute approximate surface area is 108 Å². The average molecular weight is 244 g/mol. The first-order valence-corrected chi connectivity index (χ1v) is 6.33. The maximum absolute atomic E-state index is 5.48. The molecule has 1 heterocycles. The van der Waals surface area contributed by atoms with Crippen molar-refractivity contribution in [1.29, 1.82) is 0 Å². The Hall–Kier alpha value is -1.65. The minimum absolute atomic E-state index is 0.355. The lowest BCUT2D eigenvalue weighted by Gasteiger charge is -2.14. The molecule has 0 aliphatic carbocycles. The van der Waals surface area contributed by atoms with Crippen LogP contribution in [0.5, 0.6) is 0 Å². The van der Waals surface area contributed by atoms with E-state index in [1.165, 1.54) is 5.56 Å². The maximum atomic E-state index is 5.48. The molecule has 0 radical (unpaired) electrons. The number of nitrogens with two attached hydrogens (primary N) is 1. The van der Waals surface area contributed by atoms with Gasteiger partial charge < -0.3 is 15.6 Å². The molecule has 1 atom stereocenters. The van der Waals surface area contributed by atoms with E-state index in [9.17, 15) is 0 Å². The summed E-state index contributed by atoms with van der Waals surface area (Å²) in [5.74, 6) is 0. The van der Waals surface area contributed by atoms with Crippen LogP contribution in [0.4, 0.5) is 0 Å². The molecule has 18 heavy (non-hydrogen) atoms. The van der Waals surface area contributed by atoms with E-state index in [-0.39, 0.29) is 0 Å². The highest BCUT2D eigenvalue weighted by Crippen LogP contribution is 2.15. The zero-order chi connectivity index (χ0) is 12.8. The first kappa shape index (κ1) is 12.8. The van der Waals surface area contributed by atoms with Crippen LogP contribution in [0.3, 0.4) is 0 Å². The molecule has 0 saturated carbocycles. The molecule has 2 aromatic rings. The molecule has 3 N–H and O–H groups in total. The SMILES string of the molecule is CC(NCCCN)c1ccc(-n2ccnc2)cc1. The number of benzene rings is 1. The quantitative estimate of drug-likeness (QED) is 0.763. The number of hydrogen-bond acceptors (Lipinski definition) is 3. The molecule has 4 nitrogen and oxygen atoms in total. The fourth-order valence-electron chi connectivity index (χ4n) is 1.89. The van der Waals surface area contributed by atoms with Crippen LogP contribution in [0.25, 0.3) is 5.69 Å². The van der Waals surface area contributed by atoms with Gasteiger partial charge in [0.15, 0.2) is 0 Å². The van der Waals surface area contributed by atoms with Gasteiger partial charge in [-0.15, -0.1) is 0 Å². The van der Waals surface area contributed by atoms with E-state index in [0.29, 0.717) is 6.04 Å². The Morgan fingerprint density at radius 2 is 2.11 bits per heavy atom. The van der Waals surface area contributed by atoms with Crippen LogP contribution < -0.4 is 11.1 Å². The zero-order valence-electron chi connectivity index (χ0n) is 10.7. The van der Waals surface area contributed by atoms with Crippen molar-refractivity contribution in [3.8, 4) is 5.69 Å². The van der Waals surface area contributed by atoms with Crippen LogP contribution >= 0.6 is 0 Å². The number of imidazole rings is 1. The molecule has 0 bridgehead atoms. The largest absolute Gasteiger partial charge is 0.330 e. The van der Waals surface area contributed by atoms with Gasteiger partial charge in [-0.2, -0.15) is 0 Å². The van der Waals surface area contributed by atoms with Gasteiger partial charge in [0.05, 0.1) is 6.33 Å². The van der Waals surface area contributed by atoms with Gasteiger partial charge >= 0.3 is 0 Å². The fraction of sp³-hybridized carbons (Fsp3) is 0.357. The molecular weight excluding hydrogens is 224 g/mol. The van der Waals surface area contributed by atoms with Crippen LogP contribution in [0.2, 0.25) is 0 Å². The molecule has 1 aromatic heterocycles. The van der Waals surface area contributed by atoms with E-state index < -0.39 is 0 Å². The Bertz CT molecular complexity index is 447. The molecule has 0 saturated heterocycles.